The highest BCUT2D eigenvalue weighted by Crippen LogP contribution is 2.32. The first kappa shape index (κ1) is 16.2. The highest BCUT2D eigenvalue weighted by atomic mass is 32.2. The van der Waals surface area contributed by atoms with Crippen molar-refractivity contribution in [3.63, 3.8) is 0 Å². The lowest BCUT2D eigenvalue weighted by molar-refractivity contribution is 0.186. The third kappa shape index (κ3) is 4.66. The van der Waals surface area contributed by atoms with Gasteiger partial charge in [-0.1, -0.05) is 6.92 Å². The van der Waals surface area contributed by atoms with Gasteiger partial charge in [0.2, 0.25) is 0 Å². The van der Waals surface area contributed by atoms with Crippen LogP contribution in [0.2, 0.25) is 0 Å². The van der Waals surface area contributed by atoms with Crippen LogP contribution in [0.25, 0.3) is 0 Å². The van der Waals surface area contributed by atoms with E-state index in [1.807, 2.05) is 41.4 Å². The molecule has 0 aromatic carbocycles. The van der Waals surface area contributed by atoms with E-state index in [9.17, 15) is 4.79 Å². The van der Waals surface area contributed by atoms with Gasteiger partial charge in [0.25, 0.3) is 0 Å². The SMILES string of the molecule is CCS[C@@H]1CC[C@H](N(C)C(=O)N[C@@H](C)Cn2ccnc2)C1. The van der Waals surface area contributed by atoms with Crippen molar-refractivity contribution in [3.05, 3.63) is 18.7 Å². The fourth-order valence-electron chi connectivity index (χ4n) is 2.89. The van der Waals surface area contributed by atoms with Crippen LogP contribution in [0.4, 0.5) is 4.79 Å². The van der Waals surface area contributed by atoms with Crippen LogP contribution >= 0.6 is 11.8 Å². The zero-order chi connectivity index (χ0) is 15.2. The van der Waals surface area contributed by atoms with Crippen LogP contribution in [0.1, 0.15) is 33.1 Å². The van der Waals surface area contributed by atoms with E-state index in [0.29, 0.717) is 6.04 Å². The van der Waals surface area contributed by atoms with E-state index in [-0.39, 0.29) is 12.1 Å². The standard InChI is InChI=1S/C15H26N4OS/c1-4-21-14-6-5-13(9-14)18(3)15(20)17-12(2)10-19-8-7-16-11-19/h7-8,11-14H,4-6,9-10H2,1-3H3,(H,17,20)/t12-,13-,14+/m0/s1. The van der Waals surface area contributed by atoms with E-state index in [4.69, 9.17) is 0 Å². The number of thioether (sulfide) groups is 1. The Hall–Kier alpha value is -1.17. The van der Waals surface area contributed by atoms with Gasteiger partial charge in [-0.25, -0.2) is 9.78 Å². The van der Waals surface area contributed by atoms with Crippen molar-refractivity contribution < 1.29 is 4.79 Å². The first-order valence-electron chi connectivity index (χ1n) is 7.70. The average Bonchev–Trinajstić information content (AvgIpc) is 3.09. The molecule has 5 nitrogen and oxygen atoms in total. The Labute approximate surface area is 131 Å². The predicted octanol–water partition coefficient (Wildman–Crippen LogP) is 2.59. The zero-order valence-electron chi connectivity index (χ0n) is 13.2. The van der Waals surface area contributed by atoms with Gasteiger partial charge in [0.1, 0.15) is 0 Å². The van der Waals surface area contributed by atoms with Gasteiger partial charge in [-0.3, -0.25) is 0 Å². The van der Waals surface area contributed by atoms with E-state index in [0.717, 1.165) is 30.4 Å². The highest BCUT2D eigenvalue weighted by Gasteiger charge is 2.30. The highest BCUT2D eigenvalue weighted by molar-refractivity contribution is 7.99. The van der Waals surface area contributed by atoms with Crippen molar-refractivity contribution in [2.45, 2.75) is 57.0 Å². The number of hydrogen-bond acceptors (Lipinski definition) is 3. The molecule has 6 heteroatoms. The van der Waals surface area contributed by atoms with Crippen LogP contribution in [-0.2, 0) is 6.54 Å². The van der Waals surface area contributed by atoms with Crippen LogP contribution in [0, 0.1) is 0 Å². The van der Waals surface area contributed by atoms with Crippen molar-refractivity contribution in [2.24, 2.45) is 0 Å². The normalized spacial score (nSPS) is 23.0. The summed E-state index contributed by atoms with van der Waals surface area (Å²) in [5.74, 6) is 1.16. The summed E-state index contributed by atoms with van der Waals surface area (Å²) in [5, 5.41) is 3.79. The van der Waals surface area contributed by atoms with Gasteiger partial charge in [-0.15, -0.1) is 0 Å². The number of nitrogens with one attached hydrogen (secondary N) is 1. The summed E-state index contributed by atoms with van der Waals surface area (Å²) in [5.41, 5.74) is 0. The van der Waals surface area contributed by atoms with Gasteiger partial charge in [-0.2, -0.15) is 11.8 Å². The smallest absolute Gasteiger partial charge is 0.317 e. The number of carbonyl (C=O) groups is 1. The molecule has 1 aromatic rings. The third-order valence-electron chi connectivity index (χ3n) is 4.04. The molecule has 1 fully saturated rings. The van der Waals surface area contributed by atoms with Crippen LogP contribution in [-0.4, -0.2) is 50.6 Å². The monoisotopic (exact) mass is 310 g/mol. The lowest BCUT2D eigenvalue weighted by atomic mass is 10.2. The van der Waals surface area contributed by atoms with Crippen LogP contribution < -0.4 is 5.32 Å². The fraction of sp³-hybridized carbons (Fsp3) is 0.733. The van der Waals surface area contributed by atoms with Crippen LogP contribution in [0.15, 0.2) is 18.7 Å². The van der Waals surface area contributed by atoms with Gasteiger partial charge >= 0.3 is 6.03 Å². The molecule has 1 aliphatic rings. The second-order valence-corrected chi connectivity index (χ2v) is 7.34. The Morgan fingerprint density at radius 1 is 1.57 bits per heavy atom. The molecule has 1 saturated carbocycles. The van der Waals surface area contributed by atoms with Crippen molar-refractivity contribution >= 4 is 17.8 Å². The molecule has 21 heavy (non-hydrogen) atoms. The molecule has 1 heterocycles. The number of nitrogens with zero attached hydrogens (tertiary/aromatic N) is 3. The second kappa shape index (κ2) is 7.73. The summed E-state index contributed by atoms with van der Waals surface area (Å²) < 4.78 is 1.98. The van der Waals surface area contributed by atoms with Gasteiger partial charge in [-0.05, 0) is 31.9 Å². The average molecular weight is 310 g/mol. The molecule has 3 atom stereocenters. The molecule has 0 aliphatic heterocycles. The fourth-order valence-corrected chi connectivity index (χ4v) is 4.02. The largest absolute Gasteiger partial charge is 0.335 e. The van der Waals surface area contributed by atoms with Crippen LogP contribution in [0.3, 0.4) is 0 Å². The third-order valence-corrected chi connectivity index (χ3v) is 5.27. The topological polar surface area (TPSA) is 50.2 Å². The summed E-state index contributed by atoms with van der Waals surface area (Å²) in [6.45, 7) is 4.97. The van der Waals surface area contributed by atoms with Gasteiger partial charge < -0.3 is 14.8 Å². The molecule has 1 aliphatic carbocycles. The van der Waals surface area contributed by atoms with E-state index in [2.05, 4.69) is 17.2 Å². The maximum atomic E-state index is 12.3. The quantitative estimate of drug-likeness (QED) is 0.878. The first-order chi connectivity index (χ1) is 10.1. The Morgan fingerprint density at radius 3 is 3.05 bits per heavy atom. The number of rotatable bonds is 6. The van der Waals surface area contributed by atoms with Crippen molar-refractivity contribution in [3.8, 4) is 0 Å². The molecular weight excluding hydrogens is 284 g/mol. The maximum Gasteiger partial charge on any atom is 0.317 e. The Kier molecular flexibility index (Phi) is 5.96. The van der Waals surface area contributed by atoms with Crippen molar-refractivity contribution in [1.29, 1.82) is 0 Å². The molecule has 0 saturated heterocycles. The first-order valence-corrected chi connectivity index (χ1v) is 8.75. The van der Waals surface area contributed by atoms with E-state index in [1.54, 1.807) is 12.5 Å². The minimum Gasteiger partial charge on any atom is -0.335 e. The molecule has 2 amide bonds. The summed E-state index contributed by atoms with van der Waals surface area (Å²) in [6, 6.07) is 0.514. The summed E-state index contributed by atoms with van der Waals surface area (Å²) in [6.07, 6.45) is 8.91. The van der Waals surface area contributed by atoms with E-state index in [1.165, 1.54) is 6.42 Å². The van der Waals surface area contributed by atoms with E-state index < -0.39 is 0 Å². The molecule has 118 valence electrons. The van der Waals surface area contributed by atoms with Crippen molar-refractivity contribution in [1.82, 2.24) is 19.8 Å². The molecule has 0 radical (unpaired) electrons. The minimum atomic E-state index is 0.0368. The maximum absolute atomic E-state index is 12.3. The summed E-state index contributed by atoms with van der Waals surface area (Å²) >= 11 is 2.02. The number of hydrogen-bond donors (Lipinski definition) is 1. The van der Waals surface area contributed by atoms with Crippen molar-refractivity contribution in [2.75, 3.05) is 12.8 Å². The molecular formula is C15H26N4OS. The predicted molar refractivity (Wildman–Crippen MR) is 87.5 cm³/mol. The molecule has 0 spiro atoms. The van der Waals surface area contributed by atoms with E-state index >= 15 is 0 Å². The number of aromatic nitrogens is 2. The molecule has 1 aromatic heterocycles. The second-order valence-electron chi connectivity index (χ2n) is 5.77. The molecule has 0 unspecified atom stereocenters. The molecule has 2 rings (SSSR count). The Morgan fingerprint density at radius 2 is 2.38 bits per heavy atom. The van der Waals surface area contributed by atoms with Gasteiger partial charge in [0, 0.05) is 43.3 Å². The Balaban J connectivity index is 1.77. The number of amides is 2. The molecule has 0 bridgehead atoms. The summed E-state index contributed by atoms with van der Waals surface area (Å²) in [7, 11) is 1.92. The van der Waals surface area contributed by atoms with Gasteiger partial charge in [0.15, 0.2) is 0 Å². The molecule has 1 N–H and O–H groups in total. The lowest BCUT2D eigenvalue weighted by Crippen LogP contribution is -2.46. The minimum absolute atomic E-state index is 0.0368. The summed E-state index contributed by atoms with van der Waals surface area (Å²) in [4.78, 5) is 18.2. The van der Waals surface area contributed by atoms with Crippen LogP contribution in [0.5, 0.6) is 0 Å². The zero-order valence-corrected chi connectivity index (χ0v) is 14.0. The lowest BCUT2D eigenvalue weighted by Gasteiger charge is -2.27. The number of carbonyl (C=O) groups excluding carboxylic acids is 1. The Bertz CT molecular complexity index is 437. The number of urea groups is 1. The number of imidazole rings is 1. The van der Waals surface area contributed by atoms with Gasteiger partial charge in [0.05, 0.1) is 6.33 Å².